The SMILES string of the molecule is O=C(O)[C@@H]1CCCN(C(=O)NCC2CC=CCC2)C1. The summed E-state index contributed by atoms with van der Waals surface area (Å²) < 4.78 is 0. The quantitative estimate of drug-likeness (QED) is 0.766. The number of nitrogens with one attached hydrogen (secondary N) is 1. The zero-order chi connectivity index (χ0) is 13.7. The number of carboxylic acids is 1. The molecule has 5 heteroatoms. The molecule has 1 fully saturated rings. The van der Waals surface area contributed by atoms with Gasteiger partial charge in [-0.05, 0) is 38.0 Å². The molecule has 0 bridgehead atoms. The minimum absolute atomic E-state index is 0.111. The summed E-state index contributed by atoms with van der Waals surface area (Å²) >= 11 is 0. The van der Waals surface area contributed by atoms with Crippen molar-refractivity contribution < 1.29 is 14.7 Å². The first-order valence-corrected chi connectivity index (χ1v) is 7.07. The van der Waals surface area contributed by atoms with Crippen LogP contribution in [0.2, 0.25) is 0 Å². The van der Waals surface area contributed by atoms with Crippen LogP contribution in [0.5, 0.6) is 0 Å². The monoisotopic (exact) mass is 266 g/mol. The molecule has 0 saturated carbocycles. The van der Waals surface area contributed by atoms with Crippen molar-refractivity contribution in [2.75, 3.05) is 19.6 Å². The number of hydrogen-bond donors (Lipinski definition) is 2. The standard InChI is InChI=1S/C14H22N2O3/c17-13(18)12-7-4-8-16(10-12)14(19)15-9-11-5-2-1-3-6-11/h1-2,11-12H,3-10H2,(H,15,19)(H,17,18)/t11?,12-/m1/s1. The zero-order valence-electron chi connectivity index (χ0n) is 11.2. The van der Waals surface area contributed by atoms with Gasteiger partial charge < -0.3 is 15.3 Å². The Balaban J connectivity index is 1.76. The van der Waals surface area contributed by atoms with E-state index in [1.165, 1.54) is 0 Å². The highest BCUT2D eigenvalue weighted by Gasteiger charge is 2.28. The molecule has 1 saturated heterocycles. The lowest BCUT2D eigenvalue weighted by atomic mass is 9.94. The summed E-state index contributed by atoms with van der Waals surface area (Å²) in [5.74, 6) is -0.680. The number of urea groups is 1. The number of aliphatic carboxylic acids is 1. The van der Waals surface area contributed by atoms with Crippen molar-refractivity contribution in [2.24, 2.45) is 11.8 Å². The second-order valence-electron chi connectivity index (χ2n) is 5.46. The molecule has 1 heterocycles. The molecule has 0 aromatic heterocycles. The topological polar surface area (TPSA) is 69.6 Å². The average Bonchev–Trinajstić information content (AvgIpc) is 2.46. The van der Waals surface area contributed by atoms with Crippen LogP contribution in [0.15, 0.2) is 12.2 Å². The maximum Gasteiger partial charge on any atom is 0.317 e. The fourth-order valence-corrected chi connectivity index (χ4v) is 2.75. The van der Waals surface area contributed by atoms with E-state index in [2.05, 4.69) is 17.5 Å². The fourth-order valence-electron chi connectivity index (χ4n) is 2.75. The molecule has 2 N–H and O–H groups in total. The number of carboxylic acid groups (broad SMARTS) is 1. The lowest BCUT2D eigenvalue weighted by Gasteiger charge is -2.31. The summed E-state index contributed by atoms with van der Waals surface area (Å²) in [6.45, 7) is 1.70. The molecular weight excluding hydrogens is 244 g/mol. The molecule has 5 nitrogen and oxygen atoms in total. The number of rotatable bonds is 3. The molecule has 2 atom stereocenters. The van der Waals surface area contributed by atoms with Crippen LogP contribution >= 0.6 is 0 Å². The Kier molecular flexibility index (Phi) is 4.82. The first-order chi connectivity index (χ1) is 9.16. The van der Waals surface area contributed by atoms with Crippen LogP contribution in [-0.4, -0.2) is 41.6 Å². The highest BCUT2D eigenvalue weighted by atomic mass is 16.4. The average molecular weight is 266 g/mol. The van der Waals surface area contributed by atoms with E-state index in [0.29, 0.717) is 32.0 Å². The van der Waals surface area contributed by atoms with Gasteiger partial charge in [0.25, 0.3) is 0 Å². The molecule has 0 spiro atoms. The van der Waals surface area contributed by atoms with Gasteiger partial charge in [0, 0.05) is 19.6 Å². The fraction of sp³-hybridized carbons (Fsp3) is 0.714. The molecule has 1 aliphatic carbocycles. The zero-order valence-corrected chi connectivity index (χ0v) is 11.2. The molecule has 19 heavy (non-hydrogen) atoms. The molecule has 0 aromatic carbocycles. The maximum absolute atomic E-state index is 12.0. The highest BCUT2D eigenvalue weighted by molar-refractivity contribution is 5.76. The minimum atomic E-state index is -0.796. The second kappa shape index (κ2) is 6.59. The van der Waals surface area contributed by atoms with E-state index < -0.39 is 11.9 Å². The van der Waals surface area contributed by atoms with Crippen molar-refractivity contribution >= 4 is 12.0 Å². The van der Waals surface area contributed by atoms with Crippen LogP contribution in [0.25, 0.3) is 0 Å². The number of nitrogens with zero attached hydrogens (tertiary/aromatic N) is 1. The molecule has 0 radical (unpaired) electrons. The molecule has 1 unspecified atom stereocenters. The van der Waals surface area contributed by atoms with E-state index >= 15 is 0 Å². The summed E-state index contributed by atoms with van der Waals surface area (Å²) in [4.78, 5) is 24.6. The van der Waals surface area contributed by atoms with Crippen LogP contribution in [0.4, 0.5) is 4.79 Å². The summed E-state index contributed by atoms with van der Waals surface area (Å²) in [5.41, 5.74) is 0. The largest absolute Gasteiger partial charge is 0.481 e. The lowest BCUT2D eigenvalue weighted by molar-refractivity contribution is -0.143. The molecule has 2 amide bonds. The van der Waals surface area contributed by atoms with E-state index in [9.17, 15) is 9.59 Å². The Morgan fingerprint density at radius 3 is 2.84 bits per heavy atom. The Labute approximate surface area is 113 Å². The maximum atomic E-state index is 12.0. The van der Waals surface area contributed by atoms with E-state index in [0.717, 1.165) is 25.7 Å². The molecule has 2 rings (SSSR count). The van der Waals surface area contributed by atoms with Crippen LogP contribution in [-0.2, 0) is 4.79 Å². The van der Waals surface area contributed by atoms with Crippen LogP contribution in [0.1, 0.15) is 32.1 Å². The Bertz CT molecular complexity index is 368. The number of hydrogen-bond acceptors (Lipinski definition) is 2. The Morgan fingerprint density at radius 2 is 2.16 bits per heavy atom. The van der Waals surface area contributed by atoms with Crippen LogP contribution in [0.3, 0.4) is 0 Å². The Hall–Kier alpha value is -1.52. The van der Waals surface area contributed by atoms with Crippen molar-refractivity contribution in [3.63, 3.8) is 0 Å². The van der Waals surface area contributed by atoms with Gasteiger partial charge in [-0.25, -0.2) is 4.79 Å². The van der Waals surface area contributed by atoms with E-state index in [-0.39, 0.29) is 6.03 Å². The third-order valence-electron chi connectivity index (χ3n) is 3.98. The van der Waals surface area contributed by atoms with E-state index in [1.54, 1.807) is 4.90 Å². The smallest absolute Gasteiger partial charge is 0.317 e. The summed E-state index contributed by atoms with van der Waals surface area (Å²) in [7, 11) is 0. The van der Waals surface area contributed by atoms with Gasteiger partial charge in [0.2, 0.25) is 0 Å². The van der Waals surface area contributed by atoms with Gasteiger partial charge in [-0.2, -0.15) is 0 Å². The molecular formula is C14H22N2O3. The van der Waals surface area contributed by atoms with Gasteiger partial charge in [0.05, 0.1) is 5.92 Å². The summed E-state index contributed by atoms with van der Waals surface area (Å²) in [5, 5.41) is 11.9. The predicted molar refractivity (Wildman–Crippen MR) is 71.8 cm³/mol. The first kappa shape index (κ1) is 13.9. The third-order valence-corrected chi connectivity index (χ3v) is 3.98. The van der Waals surface area contributed by atoms with Gasteiger partial charge in [-0.3, -0.25) is 4.79 Å². The molecule has 1 aliphatic heterocycles. The second-order valence-corrected chi connectivity index (χ2v) is 5.46. The van der Waals surface area contributed by atoms with Gasteiger partial charge in [-0.1, -0.05) is 12.2 Å². The van der Waals surface area contributed by atoms with Crippen LogP contribution in [0, 0.1) is 11.8 Å². The molecule has 106 valence electrons. The number of carbonyl (C=O) groups is 2. The minimum Gasteiger partial charge on any atom is -0.481 e. The van der Waals surface area contributed by atoms with E-state index in [1.807, 2.05) is 0 Å². The summed E-state index contributed by atoms with van der Waals surface area (Å²) in [6.07, 6.45) is 9.03. The van der Waals surface area contributed by atoms with Gasteiger partial charge >= 0.3 is 12.0 Å². The molecule has 2 aliphatic rings. The normalized spacial score (nSPS) is 27.1. The number of carbonyl (C=O) groups excluding carboxylic acids is 1. The van der Waals surface area contributed by atoms with Gasteiger partial charge in [-0.15, -0.1) is 0 Å². The van der Waals surface area contributed by atoms with Crippen molar-refractivity contribution in [1.29, 1.82) is 0 Å². The van der Waals surface area contributed by atoms with Crippen molar-refractivity contribution in [2.45, 2.75) is 32.1 Å². The lowest BCUT2D eigenvalue weighted by Crippen LogP contribution is -2.48. The van der Waals surface area contributed by atoms with E-state index in [4.69, 9.17) is 5.11 Å². The predicted octanol–water partition coefficient (Wildman–Crippen LogP) is 1.85. The molecule has 0 aromatic rings. The van der Waals surface area contributed by atoms with Crippen molar-refractivity contribution in [3.8, 4) is 0 Å². The van der Waals surface area contributed by atoms with Crippen LogP contribution < -0.4 is 5.32 Å². The number of allylic oxidation sites excluding steroid dienone is 2. The van der Waals surface area contributed by atoms with Crippen molar-refractivity contribution in [3.05, 3.63) is 12.2 Å². The number of likely N-dealkylation sites (tertiary alicyclic amines) is 1. The summed E-state index contributed by atoms with van der Waals surface area (Å²) in [6, 6.07) is -0.111. The van der Waals surface area contributed by atoms with Gasteiger partial charge in [0.1, 0.15) is 0 Å². The first-order valence-electron chi connectivity index (χ1n) is 7.07. The Morgan fingerprint density at radius 1 is 1.32 bits per heavy atom. The number of piperidine rings is 1. The van der Waals surface area contributed by atoms with Crippen molar-refractivity contribution in [1.82, 2.24) is 10.2 Å². The highest BCUT2D eigenvalue weighted by Crippen LogP contribution is 2.18. The number of amides is 2. The third kappa shape index (κ3) is 3.98. The van der Waals surface area contributed by atoms with Gasteiger partial charge in [0.15, 0.2) is 0 Å².